The Labute approximate surface area is 109 Å². The normalized spacial score (nSPS) is 14.2. The third kappa shape index (κ3) is 5.04. The van der Waals surface area contributed by atoms with E-state index in [2.05, 4.69) is 12.2 Å². The van der Waals surface area contributed by atoms with Gasteiger partial charge in [-0.3, -0.25) is 0 Å². The van der Waals surface area contributed by atoms with Gasteiger partial charge in [-0.15, -0.1) is 0 Å². The molecule has 18 heavy (non-hydrogen) atoms. The zero-order valence-electron chi connectivity index (χ0n) is 11.1. The van der Waals surface area contributed by atoms with Gasteiger partial charge in [0, 0.05) is 19.2 Å². The highest BCUT2D eigenvalue weighted by Gasteiger charge is 2.09. The van der Waals surface area contributed by atoms with E-state index in [1.165, 1.54) is 0 Å². The Hall–Kier alpha value is -1.10. The van der Waals surface area contributed by atoms with Gasteiger partial charge in [0.2, 0.25) is 0 Å². The van der Waals surface area contributed by atoms with E-state index < -0.39 is 6.10 Å². The van der Waals surface area contributed by atoms with Crippen molar-refractivity contribution in [1.82, 2.24) is 5.32 Å². The number of aliphatic hydroxyl groups is 2. The van der Waals surface area contributed by atoms with E-state index in [0.29, 0.717) is 12.6 Å². The van der Waals surface area contributed by atoms with E-state index in [0.717, 1.165) is 24.2 Å². The lowest BCUT2D eigenvalue weighted by Crippen LogP contribution is -2.30. The van der Waals surface area contributed by atoms with Crippen molar-refractivity contribution in [3.8, 4) is 5.75 Å². The average molecular weight is 253 g/mol. The van der Waals surface area contributed by atoms with Gasteiger partial charge < -0.3 is 20.3 Å². The molecule has 0 radical (unpaired) electrons. The van der Waals surface area contributed by atoms with E-state index in [4.69, 9.17) is 9.84 Å². The van der Waals surface area contributed by atoms with Crippen molar-refractivity contribution in [3.63, 3.8) is 0 Å². The number of aliphatic hydroxyl groups excluding tert-OH is 2. The third-order valence-electron chi connectivity index (χ3n) is 2.96. The van der Waals surface area contributed by atoms with Crippen LogP contribution in [0.4, 0.5) is 0 Å². The zero-order chi connectivity index (χ0) is 13.4. The molecule has 4 nitrogen and oxygen atoms in total. The quantitative estimate of drug-likeness (QED) is 0.656. The lowest BCUT2D eigenvalue weighted by molar-refractivity contribution is 0.169. The van der Waals surface area contributed by atoms with Crippen LogP contribution in [0.25, 0.3) is 0 Å². The summed E-state index contributed by atoms with van der Waals surface area (Å²) in [6.45, 7) is 2.78. The first-order valence-corrected chi connectivity index (χ1v) is 6.33. The van der Waals surface area contributed by atoms with Crippen molar-refractivity contribution in [3.05, 3.63) is 29.8 Å². The van der Waals surface area contributed by atoms with Crippen molar-refractivity contribution < 1.29 is 14.9 Å². The molecule has 1 rings (SSSR count). The summed E-state index contributed by atoms with van der Waals surface area (Å²) in [5.41, 5.74) is 0.873. The van der Waals surface area contributed by atoms with E-state index in [1.54, 1.807) is 7.11 Å². The van der Waals surface area contributed by atoms with Crippen LogP contribution >= 0.6 is 0 Å². The van der Waals surface area contributed by atoms with Crippen molar-refractivity contribution in [2.45, 2.75) is 31.9 Å². The largest absolute Gasteiger partial charge is 0.497 e. The minimum atomic E-state index is -0.521. The lowest BCUT2D eigenvalue weighted by Gasteiger charge is -2.17. The third-order valence-corrected chi connectivity index (χ3v) is 2.96. The van der Waals surface area contributed by atoms with Crippen LogP contribution in [0.15, 0.2) is 24.3 Å². The van der Waals surface area contributed by atoms with Crippen LogP contribution in [-0.2, 0) is 0 Å². The molecule has 0 saturated heterocycles. The van der Waals surface area contributed by atoms with Gasteiger partial charge in [-0.2, -0.15) is 0 Å². The Morgan fingerprint density at radius 3 is 2.50 bits per heavy atom. The van der Waals surface area contributed by atoms with Gasteiger partial charge in [0.1, 0.15) is 5.75 Å². The first kappa shape index (κ1) is 15.0. The molecule has 3 N–H and O–H groups in total. The Morgan fingerprint density at radius 2 is 1.94 bits per heavy atom. The van der Waals surface area contributed by atoms with E-state index >= 15 is 0 Å². The first-order valence-electron chi connectivity index (χ1n) is 6.33. The summed E-state index contributed by atoms with van der Waals surface area (Å²) in [4.78, 5) is 0. The maximum absolute atomic E-state index is 10.0. The molecule has 1 aromatic rings. The van der Waals surface area contributed by atoms with Gasteiger partial charge in [0.05, 0.1) is 13.2 Å². The molecule has 102 valence electrons. The molecule has 2 unspecified atom stereocenters. The number of hydrogen-bond acceptors (Lipinski definition) is 4. The molecule has 4 heteroatoms. The first-order chi connectivity index (χ1) is 8.67. The Kier molecular flexibility index (Phi) is 6.72. The zero-order valence-corrected chi connectivity index (χ0v) is 11.1. The molecular formula is C14H23NO3. The van der Waals surface area contributed by atoms with Crippen LogP contribution in [0, 0.1) is 0 Å². The number of rotatable bonds is 8. The molecule has 0 fully saturated rings. The van der Waals surface area contributed by atoms with Gasteiger partial charge in [-0.1, -0.05) is 12.1 Å². The predicted molar refractivity (Wildman–Crippen MR) is 71.7 cm³/mol. The maximum Gasteiger partial charge on any atom is 0.118 e. The monoisotopic (exact) mass is 253 g/mol. The second-order valence-corrected chi connectivity index (χ2v) is 4.46. The Bertz CT molecular complexity index is 326. The SMILES string of the molecule is COc1ccc(C(O)CNC(C)CCCO)cc1. The highest BCUT2D eigenvalue weighted by atomic mass is 16.5. The van der Waals surface area contributed by atoms with E-state index in [1.807, 2.05) is 24.3 Å². The standard InChI is InChI=1S/C14H23NO3/c1-11(4-3-9-16)15-10-14(17)12-5-7-13(18-2)8-6-12/h5-8,11,14-17H,3-4,9-10H2,1-2H3. The number of nitrogens with one attached hydrogen (secondary N) is 1. The molecule has 0 aromatic heterocycles. The van der Waals surface area contributed by atoms with Gasteiger partial charge in [-0.05, 0) is 37.5 Å². The fraction of sp³-hybridized carbons (Fsp3) is 0.571. The van der Waals surface area contributed by atoms with Crippen molar-refractivity contribution in [2.24, 2.45) is 0 Å². The molecule has 2 atom stereocenters. The molecule has 0 aliphatic heterocycles. The second-order valence-electron chi connectivity index (χ2n) is 4.46. The fourth-order valence-electron chi connectivity index (χ4n) is 1.76. The number of methoxy groups -OCH3 is 1. The molecule has 0 saturated carbocycles. The minimum Gasteiger partial charge on any atom is -0.497 e. The van der Waals surface area contributed by atoms with Crippen LogP contribution in [0.2, 0.25) is 0 Å². The van der Waals surface area contributed by atoms with Crippen LogP contribution in [0.3, 0.4) is 0 Å². The van der Waals surface area contributed by atoms with Crippen molar-refractivity contribution in [1.29, 1.82) is 0 Å². The van der Waals surface area contributed by atoms with Gasteiger partial charge in [0.15, 0.2) is 0 Å². The van der Waals surface area contributed by atoms with E-state index in [-0.39, 0.29) is 6.61 Å². The van der Waals surface area contributed by atoms with Gasteiger partial charge in [0.25, 0.3) is 0 Å². The second kappa shape index (κ2) is 8.08. The smallest absolute Gasteiger partial charge is 0.118 e. The summed E-state index contributed by atoms with van der Waals surface area (Å²) in [5.74, 6) is 0.787. The fourth-order valence-corrected chi connectivity index (χ4v) is 1.76. The Morgan fingerprint density at radius 1 is 1.28 bits per heavy atom. The van der Waals surface area contributed by atoms with Gasteiger partial charge in [-0.25, -0.2) is 0 Å². The average Bonchev–Trinajstić information content (AvgIpc) is 2.42. The highest BCUT2D eigenvalue weighted by Crippen LogP contribution is 2.17. The maximum atomic E-state index is 10.0. The molecule has 0 aliphatic carbocycles. The summed E-state index contributed by atoms with van der Waals surface area (Å²) < 4.78 is 5.07. The molecule has 1 aromatic carbocycles. The summed E-state index contributed by atoms with van der Waals surface area (Å²) in [6.07, 6.45) is 1.17. The summed E-state index contributed by atoms with van der Waals surface area (Å²) in [7, 11) is 1.62. The number of benzene rings is 1. The van der Waals surface area contributed by atoms with Crippen LogP contribution in [0.1, 0.15) is 31.4 Å². The lowest BCUT2D eigenvalue weighted by atomic mass is 10.1. The molecular weight excluding hydrogens is 230 g/mol. The van der Waals surface area contributed by atoms with Crippen molar-refractivity contribution >= 4 is 0 Å². The van der Waals surface area contributed by atoms with Crippen LogP contribution < -0.4 is 10.1 Å². The summed E-state index contributed by atoms with van der Waals surface area (Å²) in [5, 5.41) is 22.0. The Balaban J connectivity index is 2.37. The molecule has 0 heterocycles. The molecule has 0 amide bonds. The number of ether oxygens (including phenoxy) is 1. The van der Waals surface area contributed by atoms with Crippen LogP contribution in [-0.4, -0.2) is 36.5 Å². The van der Waals surface area contributed by atoms with E-state index in [9.17, 15) is 5.11 Å². The molecule has 0 aliphatic rings. The van der Waals surface area contributed by atoms with Crippen LogP contribution in [0.5, 0.6) is 5.75 Å². The highest BCUT2D eigenvalue weighted by molar-refractivity contribution is 5.28. The minimum absolute atomic E-state index is 0.215. The molecule has 0 spiro atoms. The summed E-state index contributed by atoms with van der Waals surface area (Å²) in [6, 6.07) is 7.71. The summed E-state index contributed by atoms with van der Waals surface area (Å²) >= 11 is 0. The predicted octanol–water partition coefficient (Wildman–Crippen LogP) is 1.48. The topological polar surface area (TPSA) is 61.7 Å². The van der Waals surface area contributed by atoms with Crippen molar-refractivity contribution in [2.75, 3.05) is 20.3 Å². The molecule has 0 bridgehead atoms. The van der Waals surface area contributed by atoms with Gasteiger partial charge >= 0.3 is 0 Å². The number of hydrogen-bond donors (Lipinski definition) is 3.